The number of halogens is 2. The summed E-state index contributed by atoms with van der Waals surface area (Å²) in [5.41, 5.74) is 4.49. The molecule has 1 fully saturated rings. The number of sulfonamides is 1. The largest absolute Gasteiger partial charge is 0.398 e. The number of carbonyl (C=O) groups excluding carboxylic acids is 1. The Kier molecular flexibility index (Phi) is 4.14. The first-order valence-electron chi connectivity index (χ1n) is 6.14. The monoisotopic (exact) mass is 351 g/mol. The van der Waals surface area contributed by atoms with Gasteiger partial charge < -0.3 is 11.1 Å². The highest BCUT2D eigenvalue weighted by Gasteiger charge is 2.46. The highest BCUT2D eigenvalue weighted by Crippen LogP contribution is 2.36. The fourth-order valence-corrected chi connectivity index (χ4v) is 4.96. The van der Waals surface area contributed by atoms with Gasteiger partial charge in [0.1, 0.15) is 10.4 Å². The second-order valence-electron chi connectivity index (χ2n) is 5.20. The number of amides is 1. The Hall–Kier alpha value is -1.02. The number of nitrogens with two attached hydrogens (primary N) is 1. The van der Waals surface area contributed by atoms with Gasteiger partial charge in [0.25, 0.3) is 0 Å². The fraction of sp³-hybridized carbons (Fsp3) is 0.417. The quantitative estimate of drug-likeness (QED) is 0.789. The molecule has 1 amide bonds. The number of piperazine rings is 1. The lowest BCUT2D eigenvalue weighted by Crippen LogP contribution is -2.63. The molecular weight excluding hydrogens is 337 g/mol. The van der Waals surface area contributed by atoms with Crippen LogP contribution in [0.3, 0.4) is 0 Å². The van der Waals surface area contributed by atoms with Crippen LogP contribution in [0.4, 0.5) is 5.69 Å². The zero-order chi connectivity index (χ0) is 16.0. The lowest BCUT2D eigenvalue weighted by Gasteiger charge is -2.40. The average Bonchev–Trinajstić information content (AvgIpc) is 2.30. The van der Waals surface area contributed by atoms with Gasteiger partial charge in [-0.25, -0.2) is 8.42 Å². The summed E-state index contributed by atoms with van der Waals surface area (Å²) in [5, 5.41) is 2.81. The van der Waals surface area contributed by atoms with Crippen molar-refractivity contribution in [2.75, 3.05) is 18.8 Å². The first-order chi connectivity index (χ1) is 9.58. The first kappa shape index (κ1) is 16.4. The van der Waals surface area contributed by atoms with Gasteiger partial charge in [0, 0.05) is 18.1 Å². The molecule has 0 atom stereocenters. The molecule has 1 heterocycles. The van der Waals surface area contributed by atoms with Gasteiger partial charge in [-0.05, 0) is 26.0 Å². The molecule has 1 saturated heterocycles. The van der Waals surface area contributed by atoms with Crippen molar-refractivity contribution in [3.8, 4) is 0 Å². The molecule has 1 aromatic rings. The van der Waals surface area contributed by atoms with Crippen LogP contribution in [0.5, 0.6) is 0 Å². The molecule has 116 valence electrons. The minimum Gasteiger partial charge on any atom is -0.398 e. The summed E-state index contributed by atoms with van der Waals surface area (Å²) in [7, 11) is -4.02. The Balaban J connectivity index is 2.60. The van der Waals surface area contributed by atoms with E-state index in [1.54, 1.807) is 0 Å². The second-order valence-corrected chi connectivity index (χ2v) is 7.84. The van der Waals surface area contributed by atoms with Crippen LogP contribution in [0.25, 0.3) is 0 Å². The van der Waals surface area contributed by atoms with Crippen molar-refractivity contribution < 1.29 is 13.2 Å². The summed E-state index contributed by atoms with van der Waals surface area (Å²) in [6.45, 7) is 3.42. The molecule has 0 aromatic heterocycles. The summed E-state index contributed by atoms with van der Waals surface area (Å²) in [6.07, 6.45) is 0. The molecule has 0 unspecified atom stereocenters. The van der Waals surface area contributed by atoms with Gasteiger partial charge in [-0.15, -0.1) is 0 Å². The SMILES string of the molecule is CC1(C)C(=O)NCCN1S(=O)(=O)c1c(N)cc(Cl)cc1Cl. The average molecular weight is 352 g/mol. The normalized spacial score (nSPS) is 19.3. The van der Waals surface area contributed by atoms with Crippen molar-refractivity contribution in [2.45, 2.75) is 24.3 Å². The van der Waals surface area contributed by atoms with Crippen LogP contribution in [-0.4, -0.2) is 37.3 Å². The molecule has 0 spiro atoms. The Labute approximate surface area is 133 Å². The second kappa shape index (κ2) is 5.31. The van der Waals surface area contributed by atoms with Crippen molar-refractivity contribution in [1.82, 2.24) is 9.62 Å². The summed E-state index contributed by atoms with van der Waals surface area (Å²) < 4.78 is 26.8. The molecular formula is C12H15Cl2N3O3S. The number of carbonyl (C=O) groups is 1. The van der Waals surface area contributed by atoms with E-state index in [2.05, 4.69) is 5.32 Å². The van der Waals surface area contributed by atoms with Crippen LogP contribution in [0.15, 0.2) is 17.0 Å². The predicted octanol–water partition coefficient (Wildman–Crippen LogP) is 1.47. The van der Waals surface area contributed by atoms with E-state index in [9.17, 15) is 13.2 Å². The maximum Gasteiger partial charge on any atom is 0.247 e. The van der Waals surface area contributed by atoms with Crippen molar-refractivity contribution in [2.24, 2.45) is 0 Å². The minimum absolute atomic E-state index is 0.0470. The van der Waals surface area contributed by atoms with Crippen LogP contribution in [0.1, 0.15) is 13.8 Å². The molecule has 0 saturated carbocycles. The number of hydrogen-bond donors (Lipinski definition) is 2. The van der Waals surface area contributed by atoms with Crippen molar-refractivity contribution in [3.05, 3.63) is 22.2 Å². The number of nitrogens with one attached hydrogen (secondary N) is 1. The van der Waals surface area contributed by atoms with E-state index in [1.807, 2.05) is 0 Å². The minimum atomic E-state index is -4.02. The van der Waals surface area contributed by atoms with Crippen LogP contribution >= 0.6 is 23.2 Å². The van der Waals surface area contributed by atoms with Crippen LogP contribution < -0.4 is 11.1 Å². The van der Waals surface area contributed by atoms with E-state index in [1.165, 1.54) is 26.0 Å². The number of benzene rings is 1. The Morgan fingerprint density at radius 2 is 1.95 bits per heavy atom. The molecule has 1 aliphatic rings. The molecule has 3 N–H and O–H groups in total. The summed E-state index contributed by atoms with van der Waals surface area (Å²) in [4.78, 5) is 11.7. The number of hydrogen-bond acceptors (Lipinski definition) is 4. The summed E-state index contributed by atoms with van der Waals surface area (Å²) in [5.74, 6) is -0.374. The van der Waals surface area contributed by atoms with E-state index >= 15 is 0 Å². The molecule has 6 nitrogen and oxygen atoms in total. The van der Waals surface area contributed by atoms with E-state index < -0.39 is 15.6 Å². The highest BCUT2D eigenvalue weighted by atomic mass is 35.5. The molecule has 0 radical (unpaired) electrons. The predicted molar refractivity (Wildman–Crippen MR) is 81.9 cm³/mol. The maximum absolute atomic E-state index is 12.8. The van der Waals surface area contributed by atoms with Crippen LogP contribution in [0.2, 0.25) is 10.0 Å². The third kappa shape index (κ3) is 2.70. The van der Waals surface area contributed by atoms with Crippen LogP contribution in [-0.2, 0) is 14.8 Å². The zero-order valence-electron chi connectivity index (χ0n) is 11.5. The lowest BCUT2D eigenvalue weighted by atomic mass is 10.0. The van der Waals surface area contributed by atoms with Crippen molar-refractivity contribution in [1.29, 1.82) is 0 Å². The highest BCUT2D eigenvalue weighted by molar-refractivity contribution is 7.89. The number of nitrogen functional groups attached to an aromatic ring is 1. The summed E-state index contributed by atoms with van der Waals surface area (Å²) >= 11 is 11.8. The van der Waals surface area contributed by atoms with Gasteiger partial charge in [0.2, 0.25) is 15.9 Å². The first-order valence-corrected chi connectivity index (χ1v) is 8.33. The zero-order valence-corrected chi connectivity index (χ0v) is 13.8. The maximum atomic E-state index is 12.8. The van der Waals surface area contributed by atoms with Crippen molar-refractivity contribution in [3.63, 3.8) is 0 Å². The molecule has 0 aliphatic carbocycles. The topological polar surface area (TPSA) is 92.5 Å². The molecule has 1 aliphatic heterocycles. The Bertz CT molecular complexity index is 681. The molecule has 9 heteroatoms. The number of nitrogens with zero attached hydrogens (tertiary/aromatic N) is 1. The lowest BCUT2D eigenvalue weighted by molar-refractivity contribution is -0.131. The van der Waals surface area contributed by atoms with Gasteiger partial charge in [0.05, 0.1) is 10.7 Å². The van der Waals surface area contributed by atoms with E-state index in [-0.39, 0.29) is 39.6 Å². The molecule has 0 bridgehead atoms. The van der Waals surface area contributed by atoms with Gasteiger partial charge in [-0.3, -0.25) is 4.79 Å². The van der Waals surface area contributed by atoms with E-state index in [4.69, 9.17) is 28.9 Å². The Morgan fingerprint density at radius 1 is 1.33 bits per heavy atom. The van der Waals surface area contributed by atoms with Gasteiger partial charge in [0.15, 0.2) is 0 Å². The molecule has 2 rings (SSSR count). The van der Waals surface area contributed by atoms with Gasteiger partial charge in [-0.1, -0.05) is 23.2 Å². The third-order valence-electron chi connectivity index (χ3n) is 3.36. The van der Waals surface area contributed by atoms with E-state index in [0.29, 0.717) is 0 Å². The molecule has 21 heavy (non-hydrogen) atoms. The van der Waals surface area contributed by atoms with Gasteiger partial charge in [-0.2, -0.15) is 4.31 Å². The van der Waals surface area contributed by atoms with E-state index in [0.717, 1.165) is 4.31 Å². The molecule has 1 aromatic carbocycles. The smallest absolute Gasteiger partial charge is 0.247 e. The number of anilines is 1. The summed E-state index contributed by atoms with van der Waals surface area (Å²) in [6, 6.07) is 2.63. The fourth-order valence-electron chi connectivity index (χ4n) is 2.26. The number of rotatable bonds is 2. The van der Waals surface area contributed by atoms with Crippen molar-refractivity contribution >= 4 is 44.8 Å². The Morgan fingerprint density at radius 3 is 2.52 bits per heavy atom. The standard InChI is InChI=1S/C12H15Cl2N3O3S/c1-12(2)11(18)16-3-4-17(12)21(19,20)10-8(14)5-7(13)6-9(10)15/h5-6H,3-4,15H2,1-2H3,(H,16,18). The third-order valence-corrected chi connectivity index (χ3v) is 6.18. The van der Waals surface area contributed by atoms with Crippen LogP contribution in [0, 0.1) is 0 Å². The van der Waals surface area contributed by atoms with Gasteiger partial charge >= 0.3 is 0 Å².